The third-order valence-electron chi connectivity index (χ3n) is 3.41. The van der Waals surface area contributed by atoms with E-state index in [9.17, 15) is 4.79 Å². The SMILES string of the molecule is CC1=C(C(N)=O)C(c2cn(C)nc2C)n2ncnc2N1. The molecule has 0 fully saturated rings. The van der Waals surface area contributed by atoms with Crippen LogP contribution in [-0.2, 0) is 11.8 Å². The number of fused-ring (bicyclic) bond motifs is 1. The monoisotopic (exact) mass is 273 g/mol. The molecule has 104 valence electrons. The fraction of sp³-hybridized carbons (Fsp3) is 0.333. The van der Waals surface area contributed by atoms with Gasteiger partial charge in [-0.15, -0.1) is 0 Å². The number of nitrogens with two attached hydrogens (primary N) is 1. The van der Waals surface area contributed by atoms with Gasteiger partial charge in [0.2, 0.25) is 11.9 Å². The molecule has 0 aliphatic carbocycles. The van der Waals surface area contributed by atoms with E-state index >= 15 is 0 Å². The number of hydrogen-bond donors (Lipinski definition) is 2. The minimum absolute atomic E-state index is 0.403. The predicted molar refractivity (Wildman–Crippen MR) is 71.6 cm³/mol. The number of carbonyl (C=O) groups excluding carboxylic acids is 1. The Morgan fingerprint density at radius 1 is 1.45 bits per heavy atom. The standard InChI is InChI=1S/C12H15N7O/c1-6-8(4-18(3)17-6)10-9(11(13)20)7(2)16-12-14-5-15-19(10)12/h4-5,10H,1-3H3,(H2,13,20)(H,14,15,16). The van der Waals surface area contributed by atoms with Crippen molar-refractivity contribution in [2.75, 3.05) is 5.32 Å². The smallest absolute Gasteiger partial charge is 0.248 e. The maximum atomic E-state index is 11.8. The molecule has 0 radical (unpaired) electrons. The number of carbonyl (C=O) groups is 1. The number of aromatic nitrogens is 5. The van der Waals surface area contributed by atoms with Gasteiger partial charge < -0.3 is 11.1 Å². The summed E-state index contributed by atoms with van der Waals surface area (Å²) in [5.41, 5.74) is 8.41. The van der Waals surface area contributed by atoms with Gasteiger partial charge in [-0.25, -0.2) is 4.68 Å². The first-order chi connectivity index (χ1) is 9.49. The lowest BCUT2D eigenvalue weighted by molar-refractivity contribution is -0.115. The number of amides is 1. The van der Waals surface area contributed by atoms with Gasteiger partial charge in [0.25, 0.3) is 0 Å². The molecule has 3 N–H and O–H groups in total. The number of nitrogens with one attached hydrogen (secondary N) is 1. The molecule has 8 heteroatoms. The van der Waals surface area contributed by atoms with E-state index in [4.69, 9.17) is 5.73 Å². The van der Waals surface area contributed by atoms with E-state index < -0.39 is 11.9 Å². The summed E-state index contributed by atoms with van der Waals surface area (Å²) in [7, 11) is 1.83. The second kappa shape index (κ2) is 4.19. The molecular weight excluding hydrogens is 258 g/mol. The largest absolute Gasteiger partial charge is 0.366 e. The number of primary amides is 1. The van der Waals surface area contributed by atoms with Crippen LogP contribution in [-0.4, -0.2) is 30.5 Å². The fourth-order valence-corrected chi connectivity index (χ4v) is 2.58. The third-order valence-corrected chi connectivity index (χ3v) is 3.41. The van der Waals surface area contributed by atoms with Gasteiger partial charge in [0, 0.05) is 24.5 Å². The summed E-state index contributed by atoms with van der Waals surface area (Å²) >= 11 is 0. The first-order valence-corrected chi connectivity index (χ1v) is 6.16. The predicted octanol–water partition coefficient (Wildman–Crippen LogP) is 0.0942. The Morgan fingerprint density at radius 2 is 2.20 bits per heavy atom. The van der Waals surface area contributed by atoms with Gasteiger partial charge in [-0.3, -0.25) is 9.48 Å². The lowest BCUT2D eigenvalue weighted by atomic mass is 9.96. The molecule has 1 atom stereocenters. The molecule has 0 bridgehead atoms. The zero-order chi connectivity index (χ0) is 14.4. The molecule has 3 heterocycles. The molecule has 8 nitrogen and oxygen atoms in total. The third kappa shape index (κ3) is 1.68. The van der Waals surface area contributed by atoms with Crippen LogP contribution in [0.1, 0.15) is 24.2 Å². The van der Waals surface area contributed by atoms with Crippen LogP contribution >= 0.6 is 0 Å². The number of rotatable bonds is 2. The number of anilines is 1. The molecule has 1 amide bonds. The van der Waals surface area contributed by atoms with Crippen LogP contribution in [0.15, 0.2) is 23.8 Å². The average Bonchev–Trinajstić information content (AvgIpc) is 2.93. The summed E-state index contributed by atoms with van der Waals surface area (Å²) in [6.45, 7) is 3.69. The Morgan fingerprint density at radius 3 is 2.80 bits per heavy atom. The molecule has 2 aromatic rings. The van der Waals surface area contributed by atoms with Crippen LogP contribution in [0.4, 0.5) is 5.95 Å². The molecule has 0 spiro atoms. The van der Waals surface area contributed by atoms with Crippen molar-refractivity contribution >= 4 is 11.9 Å². The average molecular weight is 273 g/mol. The number of allylic oxidation sites excluding steroid dienone is 1. The highest BCUT2D eigenvalue weighted by atomic mass is 16.1. The summed E-state index contributed by atoms with van der Waals surface area (Å²) < 4.78 is 3.36. The van der Waals surface area contributed by atoms with Crippen LogP contribution in [0, 0.1) is 6.92 Å². The van der Waals surface area contributed by atoms with Crippen molar-refractivity contribution in [1.29, 1.82) is 0 Å². The van der Waals surface area contributed by atoms with Gasteiger partial charge in [-0.2, -0.15) is 15.2 Å². The van der Waals surface area contributed by atoms with E-state index in [0.29, 0.717) is 17.2 Å². The minimum atomic E-state index is -0.482. The Kier molecular flexibility index (Phi) is 2.60. The van der Waals surface area contributed by atoms with Crippen LogP contribution in [0.3, 0.4) is 0 Å². The molecule has 1 aliphatic heterocycles. The van der Waals surface area contributed by atoms with Crippen molar-refractivity contribution < 1.29 is 4.79 Å². The van der Waals surface area contributed by atoms with Gasteiger partial charge in [0.15, 0.2) is 0 Å². The second-order valence-corrected chi connectivity index (χ2v) is 4.80. The van der Waals surface area contributed by atoms with E-state index in [1.54, 1.807) is 16.3 Å². The van der Waals surface area contributed by atoms with Gasteiger partial charge in [-0.1, -0.05) is 0 Å². The Hall–Kier alpha value is -2.64. The van der Waals surface area contributed by atoms with E-state index in [1.807, 2.05) is 20.2 Å². The number of nitrogens with zero attached hydrogens (tertiary/aromatic N) is 5. The van der Waals surface area contributed by atoms with Crippen molar-refractivity contribution in [1.82, 2.24) is 24.5 Å². The van der Waals surface area contributed by atoms with E-state index in [2.05, 4.69) is 20.5 Å². The zero-order valence-electron chi connectivity index (χ0n) is 11.5. The Bertz CT molecular complexity index is 724. The van der Waals surface area contributed by atoms with Crippen LogP contribution in [0.2, 0.25) is 0 Å². The Labute approximate surface area is 115 Å². The lowest BCUT2D eigenvalue weighted by Crippen LogP contribution is -2.32. The topological polar surface area (TPSA) is 104 Å². The first kappa shape index (κ1) is 12.4. The van der Waals surface area contributed by atoms with E-state index in [0.717, 1.165) is 11.3 Å². The second-order valence-electron chi connectivity index (χ2n) is 4.80. The molecule has 1 unspecified atom stereocenters. The van der Waals surface area contributed by atoms with Crippen LogP contribution in [0.5, 0.6) is 0 Å². The molecule has 2 aromatic heterocycles. The quantitative estimate of drug-likeness (QED) is 0.807. The molecule has 20 heavy (non-hydrogen) atoms. The molecule has 0 aromatic carbocycles. The summed E-state index contributed by atoms with van der Waals surface area (Å²) in [4.78, 5) is 16.0. The van der Waals surface area contributed by atoms with Crippen molar-refractivity contribution in [3.05, 3.63) is 35.1 Å². The normalized spacial score (nSPS) is 17.9. The lowest BCUT2D eigenvalue weighted by Gasteiger charge is -2.27. The molecule has 0 saturated heterocycles. The summed E-state index contributed by atoms with van der Waals surface area (Å²) in [5.74, 6) is 0.102. The van der Waals surface area contributed by atoms with Crippen LogP contribution < -0.4 is 11.1 Å². The highest BCUT2D eigenvalue weighted by Crippen LogP contribution is 2.35. The van der Waals surface area contributed by atoms with E-state index in [-0.39, 0.29) is 0 Å². The van der Waals surface area contributed by atoms with Crippen molar-refractivity contribution in [2.24, 2.45) is 12.8 Å². The van der Waals surface area contributed by atoms with Crippen molar-refractivity contribution in [3.63, 3.8) is 0 Å². The maximum Gasteiger partial charge on any atom is 0.248 e. The van der Waals surface area contributed by atoms with Gasteiger partial charge in [0.05, 0.1) is 11.3 Å². The summed E-state index contributed by atoms with van der Waals surface area (Å²) in [5, 5.41) is 11.6. The first-order valence-electron chi connectivity index (χ1n) is 6.16. The van der Waals surface area contributed by atoms with Gasteiger partial charge in [-0.05, 0) is 13.8 Å². The fourth-order valence-electron chi connectivity index (χ4n) is 2.58. The highest BCUT2D eigenvalue weighted by molar-refractivity contribution is 5.95. The molecule has 0 saturated carbocycles. The minimum Gasteiger partial charge on any atom is -0.366 e. The zero-order valence-corrected chi connectivity index (χ0v) is 11.5. The Balaban J connectivity index is 2.25. The highest BCUT2D eigenvalue weighted by Gasteiger charge is 2.34. The van der Waals surface area contributed by atoms with Crippen molar-refractivity contribution in [2.45, 2.75) is 19.9 Å². The van der Waals surface area contributed by atoms with Gasteiger partial charge in [0.1, 0.15) is 12.4 Å². The van der Waals surface area contributed by atoms with Gasteiger partial charge >= 0.3 is 0 Å². The summed E-state index contributed by atoms with van der Waals surface area (Å²) in [6, 6.07) is -0.403. The maximum absolute atomic E-state index is 11.8. The molecule has 3 rings (SSSR count). The number of aryl methyl sites for hydroxylation is 2. The summed E-state index contributed by atoms with van der Waals surface area (Å²) in [6.07, 6.45) is 3.31. The van der Waals surface area contributed by atoms with Crippen molar-refractivity contribution in [3.8, 4) is 0 Å². The van der Waals surface area contributed by atoms with E-state index in [1.165, 1.54) is 6.33 Å². The molecular formula is C12H15N7O. The molecule has 1 aliphatic rings. The number of hydrogen-bond acceptors (Lipinski definition) is 5. The van der Waals surface area contributed by atoms with Crippen LogP contribution in [0.25, 0.3) is 0 Å².